The lowest BCUT2D eigenvalue weighted by atomic mass is 9.78. The lowest BCUT2D eigenvalue weighted by Gasteiger charge is -2.43. The number of benzene rings is 1. The summed E-state index contributed by atoms with van der Waals surface area (Å²) in [7, 11) is 1.69. The van der Waals surface area contributed by atoms with Gasteiger partial charge in [-0.15, -0.1) is 0 Å². The topological polar surface area (TPSA) is 58.6 Å². The number of likely N-dealkylation sites (N-methyl/N-ethyl adjacent to an activating group) is 1. The highest BCUT2D eigenvalue weighted by molar-refractivity contribution is 6.01. The van der Waals surface area contributed by atoms with Crippen LogP contribution in [-0.2, 0) is 9.53 Å². The van der Waals surface area contributed by atoms with Gasteiger partial charge in [-0.1, -0.05) is 25.8 Å². The minimum absolute atomic E-state index is 0.0218. The van der Waals surface area contributed by atoms with E-state index in [1.165, 1.54) is 30.2 Å². The first-order chi connectivity index (χ1) is 12.5. The summed E-state index contributed by atoms with van der Waals surface area (Å²) in [6.07, 6.45) is 8.99. The number of carbonyl (C=O) groups is 2. The molecular weight excluding hydrogens is 328 g/mol. The maximum atomic E-state index is 12.6. The van der Waals surface area contributed by atoms with Crippen LogP contribution in [0.3, 0.4) is 0 Å². The second kappa shape index (κ2) is 8.04. The number of carbonyl (C=O) groups excluding carboxylic acids is 2. The van der Waals surface area contributed by atoms with Crippen LogP contribution in [0.5, 0.6) is 0 Å². The number of amides is 2. The number of nitrogens with zero attached hydrogens (tertiary/aromatic N) is 1. The molecule has 0 radical (unpaired) electrons. The Kier molecular flexibility index (Phi) is 5.77. The molecule has 0 bridgehead atoms. The number of anilines is 1. The Morgan fingerprint density at radius 3 is 2.58 bits per heavy atom. The van der Waals surface area contributed by atoms with Gasteiger partial charge in [-0.25, -0.2) is 0 Å². The molecule has 26 heavy (non-hydrogen) atoms. The molecular formula is C21H28N2O3. The summed E-state index contributed by atoms with van der Waals surface area (Å²) in [6, 6.07) is 7.24. The molecule has 1 unspecified atom stereocenters. The van der Waals surface area contributed by atoms with Gasteiger partial charge in [-0.2, -0.15) is 0 Å². The fourth-order valence-corrected chi connectivity index (χ4v) is 4.06. The third-order valence-electron chi connectivity index (χ3n) is 5.61. The highest BCUT2D eigenvalue weighted by Crippen LogP contribution is 2.38. The summed E-state index contributed by atoms with van der Waals surface area (Å²) in [6.45, 7) is 4.21. The Morgan fingerprint density at radius 2 is 1.92 bits per heavy atom. The number of rotatable bonds is 4. The molecule has 1 aliphatic heterocycles. The second-order valence-electron chi connectivity index (χ2n) is 7.40. The Morgan fingerprint density at radius 1 is 1.23 bits per heavy atom. The van der Waals surface area contributed by atoms with Crippen molar-refractivity contribution < 1.29 is 14.3 Å². The molecule has 1 aromatic rings. The third kappa shape index (κ3) is 4.15. The van der Waals surface area contributed by atoms with Gasteiger partial charge in [0.05, 0.1) is 5.60 Å². The molecule has 140 valence electrons. The zero-order chi connectivity index (χ0) is 18.6. The van der Waals surface area contributed by atoms with Gasteiger partial charge in [0.1, 0.15) is 0 Å². The maximum absolute atomic E-state index is 12.6. The summed E-state index contributed by atoms with van der Waals surface area (Å²) in [5.41, 5.74) is 1.32. The third-order valence-corrected chi connectivity index (χ3v) is 5.61. The van der Waals surface area contributed by atoms with Crippen LogP contribution in [0, 0.1) is 0 Å². The molecule has 3 rings (SSSR count). The summed E-state index contributed by atoms with van der Waals surface area (Å²) in [5.74, 6) is -0.241. The average Bonchev–Trinajstić information content (AvgIpc) is 2.67. The van der Waals surface area contributed by atoms with Crippen molar-refractivity contribution in [2.45, 2.75) is 56.6 Å². The van der Waals surface area contributed by atoms with Crippen LogP contribution in [0.4, 0.5) is 5.69 Å². The van der Waals surface area contributed by atoms with Crippen LogP contribution < -0.4 is 10.2 Å². The standard InChI is InChI=1S/C21H28N2O3/c1-3-19(24)23(2)18-9-7-16(8-10-18)20(25)22-17-11-14-26-21(15-17)12-5-4-6-13-21/h3,7-10,17H,1,4-6,11-15H2,2H3,(H,22,25). The number of hydrogen-bond donors (Lipinski definition) is 1. The van der Waals surface area contributed by atoms with E-state index < -0.39 is 0 Å². The van der Waals surface area contributed by atoms with Gasteiger partial charge in [0, 0.05) is 30.9 Å². The van der Waals surface area contributed by atoms with Crippen LogP contribution in [0.2, 0.25) is 0 Å². The quantitative estimate of drug-likeness (QED) is 0.841. The number of hydrogen-bond acceptors (Lipinski definition) is 3. The molecule has 1 saturated heterocycles. The normalized spacial score (nSPS) is 21.8. The molecule has 1 spiro atoms. The molecule has 1 aromatic carbocycles. The Labute approximate surface area is 155 Å². The van der Waals surface area contributed by atoms with Gasteiger partial charge in [0.2, 0.25) is 5.91 Å². The van der Waals surface area contributed by atoms with Crippen molar-refractivity contribution in [2.24, 2.45) is 0 Å². The maximum Gasteiger partial charge on any atom is 0.251 e. The van der Waals surface area contributed by atoms with E-state index in [2.05, 4.69) is 11.9 Å². The molecule has 1 aliphatic carbocycles. The zero-order valence-corrected chi connectivity index (χ0v) is 15.5. The van der Waals surface area contributed by atoms with Gasteiger partial charge in [-0.3, -0.25) is 9.59 Å². The highest BCUT2D eigenvalue weighted by Gasteiger charge is 2.38. The van der Waals surface area contributed by atoms with Crippen LogP contribution >= 0.6 is 0 Å². The molecule has 1 heterocycles. The second-order valence-corrected chi connectivity index (χ2v) is 7.40. The van der Waals surface area contributed by atoms with E-state index >= 15 is 0 Å². The first-order valence-electron chi connectivity index (χ1n) is 9.48. The van der Waals surface area contributed by atoms with E-state index in [-0.39, 0.29) is 23.5 Å². The van der Waals surface area contributed by atoms with Crippen LogP contribution in [0.1, 0.15) is 55.3 Å². The average molecular weight is 356 g/mol. The molecule has 2 fully saturated rings. The molecule has 1 atom stereocenters. The lowest BCUT2D eigenvalue weighted by Crippen LogP contribution is -2.49. The van der Waals surface area contributed by atoms with Crippen LogP contribution in [-0.4, -0.2) is 37.1 Å². The fraction of sp³-hybridized carbons (Fsp3) is 0.524. The van der Waals surface area contributed by atoms with Crippen molar-refractivity contribution in [3.05, 3.63) is 42.5 Å². The van der Waals surface area contributed by atoms with Gasteiger partial charge < -0.3 is 15.0 Å². The van der Waals surface area contributed by atoms with E-state index in [4.69, 9.17) is 4.74 Å². The molecule has 1 N–H and O–H groups in total. The monoisotopic (exact) mass is 356 g/mol. The Bertz CT molecular complexity index is 657. The predicted octanol–water partition coefficient (Wildman–Crippen LogP) is 3.45. The Balaban J connectivity index is 1.61. The van der Waals surface area contributed by atoms with Crippen molar-refractivity contribution in [3.8, 4) is 0 Å². The van der Waals surface area contributed by atoms with Gasteiger partial charge in [0.15, 0.2) is 0 Å². The number of nitrogens with one attached hydrogen (secondary N) is 1. The lowest BCUT2D eigenvalue weighted by molar-refractivity contribution is -0.113. The van der Waals surface area contributed by atoms with E-state index in [1.807, 2.05) is 0 Å². The zero-order valence-electron chi connectivity index (χ0n) is 15.5. The molecule has 5 heteroatoms. The van der Waals surface area contributed by atoms with Gasteiger partial charge in [0.25, 0.3) is 5.91 Å². The minimum Gasteiger partial charge on any atom is -0.375 e. The summed E-state index contributed by atoms with van der Waals surface area (Å²) >= 11 is 0. The summed E-state index contributed by atoms with van der Waals surface area (Å²) < 4.78 is 6.10. The summed E-state index contributed by atoms with van der Waals surface area (Å²) in [5, 5.41) is 3.17. The number of ether oxygens (including phenoxy) is 1. The molecule has 2 amide bonds. The van der Waals surface area contributed by atoms with Crippen molar-refractivity contribution in [1.29, 1.82) is 0 Å². The van der Waals surface area contributed by atoms with E-state index in [9.17, 15) is 9.59 Å². The van der Waals surface area contributed by atoms with E-state index in [0.717, 1.165) is 38.0 Å². The van der Waals surface area contributed by atoms with Crippen LogP contribution in [0.25, 0.3) is 0 Å². The molecule has 0 aromatic heterocycles. The van der Waals surface area contributed by atoms with Crippen LogP contribution in [0.15, 0.2) is 36.9 Å². The fourth-order valence-electron chi connectivity index (χ4n) is 4.06. The highest BCUT2D eigenvalue weighted by atomic mass is 16.5. The van der Waals surface area contributed by atoms with E-state index in [1.54, 1.807) is 31.3 Å². The largest absolute Gasteiger partial charge is 0.375 e. The van der Waals surface area contributed by atoms with Crippen molar-refractivity contribution in [2.75, 3.05) is 18.6 Å². The SMILES string of the molecule is C=CC(=O)N(C)c1ccc(C(=O)NC2CCOC3(CCCCC3)C2)cc1. The minimum atomic E-state index is -0.179. The molecule has 1 saturated carbocycles. The van der Waals surface area contributed by atoms with Crippen molar-refractivity contribution in [1.82, 2.24) is 5.32 Å². The van der Waals surface area contributed by atoms with E-state index in [0.29, 0.717) is 5.56 Å². The first kappa shape index (κ1) is 18.6. The van der Waals surface area contributed by atoms with Gasteiger partial charge >= 0.3 is 0 Å². The molecule has 5 nitrogen and oxygen atoms in total. The van der Waals surface area contributed by atoms with Gasteiger partial charge in [-0.05, 0) is 56.0 Å². The van der Waals surface area contributed by atoms with Crippen molar-refractivity contribution >= 4 is 17.5 Å². The summed E-state index contributed by atoms with van der Waals surface area (Å²) in [4.78, 5) is 25.8. The smallest absolute Gasteiger partial charge is 0.251 e. The predicted molar refractivity (Wildman–Crippen MR) is 102 cm³/mol. The van der Waals surface area contributed by atoms with Crippen molar-refractivity contribution in [3.63, 3.8) is 0 Å². The Hall–Kier alpha value is -2.14. The first-order valence-corrected chi connectivity index (χ1v) is 9.48. The molecule has 2 aliphatic rings.